The zero-order chi connectivity index (χ0) is 27.6. The van der Waals surface area contributed by atoms with Crippen molar-refractivity contribution in [3.8, 4) is 0 Å². The Balaban J connectivity index is 1.59. The van der Waals surface area contributed by atoms with Gasteiger partial charge in [0.15, 0.2) is 18.1 Å². The van der Waals surface area contributed by atoms with Crippen LogP contribution in [0.4, 0.5) is 8.87 Å². The van der Waals surface area contributed by atoms with Crippen molar-refractivity contribution in [3.05, 3.63) is 23.8 Å². The summed E-state index contributed by atoms with van der Waals surface area (Å²) in [6, 6.07) is -1.40. The number of nitrogens with one attached hydrogen (secondary N) is 1. The number of esters is 1. The van der Waals surface area contributed by atoms with E-state index in [0.29, 0.717) is 24.8 Å². The number of carbonyl (C=O) groups is 4. The number of ketones is 3. The first-order valence-electron chi connectivity index (χ1n) is 12.8. The Morgan fingerprint density at radius 1 is 1.27 bits per heavy atom. The molecule has 0 spiro atoms. The van der Waals surface area contributed by atoms with Crippen LogP contribution in [0, 0.1) is 28.6 Å². The van der Waals surface area contributed by atoms with Crippen LogP contribution in [0.2, 0.25) is 0 Å². The zero-order valence-electron chi connectivity index (χ0n) is 21.6. The van der Waals surface area contributed by atoms with Gasteiger partial charge in [-0.15, -0.1) is 10.0 Å². The molecule has 3 fully saturated rings. The van der Waals surface area contributed by atoms with Crippen molar-refractivity contribution in [1.82, 2.24) is 5.54 Å². The maximum absolute atomic E-state index is 17.2. The van der Waals surface area contributed by atoms with Crippen LogP contribution < -0.4 is 5.54 Å². The monoisotopic (exact) mass is 523 g/mol. The summed E-state index contributed by atoms with van der Waals surface area (Å²) in [7, 11) is 0. The number of ether oxygens (including phenoxy) is 1. The van der Waals surface area contributed by atoms with Crippen LogP contribution in [0.3, 0.4) is 0 Å². The zero-order valence-corrected chi connectivity index (χ0v) is 21.6. The van der Waals surface area contributed by atoms with Crippen LogP contribution in [-0.4, -0.2) is 63.6 Å². The SMILES string of the molecule is CC(=O)C(CC(=O)OCC(=O)[C@@]1(O)[C@H](C)CC2C3CCC4=CC(=O)C=C[C@]4(C)[C@@]3(F)[C@@H](O)C[C@@]21C)NF. The van der Waals surface area contributed by atoms with Crippen molar-refractivity contribution in [1.29, 1.82) is 0 Å². The van der Waals surface area contributed by atoms with Crippen molar-refractivity contribution in [3.63, 3.8) is 0 Å². The summed E-state index contributed by atoms with van der Waals surface area (Å²) >= 11 is 0. The van der Waals surface area contributed by atoms with Gasteiger partial charge in [-0.25, -0.2) is 4.39 Å². The molecule has 0 aromatic heterocycles. The first-order valence-corrected chi connectivity index (χ1v) is 12.8. The van der Waals surface area contributed by atoms with Crippen molar-refractivity contribution in [2.45, 2.75) is 83.2 Å². The Bertz CT molecular complexity index is 1090. The van der Waals surface area contributed by atoms with E-state index in [-0.39, 0.29) is 12.2 Å². The number of Topliss-reactive ketones (excluding diaryl/α,β-unsaturated/α-hetero) is 2. The number of hydrogen-bond donors (Lipinski definition) is 3. The number of hydrogen-bond acceptors (Lipinski definition) is 8. The fraction of sp³-hybridized carbons (Fsp3) is 0.704. The fourth-order valence-electron chi connectivity index (χ4n) is 7.88. The lowest BCUT2D eigenvalue weighted by atomic mass is 9.44. The molecule has 4 aliphatic carbocycles. The van der Waals surface area contributed by atoms with E-state index in [0.717, 1.165) is 6.92 Å². The fourth-order valence-corrected chi connectivity index (χ4v) is 7.88. The van der Waals surface area contributed by atoms with Gasteiger partial charge in [0.05, 0.1) is 12.5 Å². The molecule has 204 valence electrons. The highest BCUT2D eigenvalue weighted by Crippen LogP contribution is 2.70. The normalized spacial score (nSPS) is 43.2. The van der Waals surface area contributed by atoms with Crippen molar-refractivity contribution >= 4 is 23.3 Å². The Hall–Kier alpha value is -2.30. The molecule has 10 heteroatoms. The van der Waals surface area contributed by atoms with Crippen LogP contribution >= 0.6 is 0 Å². The van der Waals surface area contributed by atoms with Gasteiger partial charge in [-0.1, -0.05) is 25.5 Å². The van der Waals surface area contributed by atoms with Gasteiger partial charge in [0, 0.05) is 16.7 Å². The van der Waals surface area contributed by atoms with E-state index < -0.39 is 82.6 Å². The largest absolute Gasteiger partial charge is 0.457 e. The lowest BCUT2D eigenvalue weighted by molar-refractivity contribution is -0.220. The molecule has 4 rings (SSSR count). The second-order valence-corrected chi connectivity index (χ2v) is 11.7. The highest BCUT2D eigenvalue weighted by molar-refractivity contribution is 6.01. The molecule has 0 amide bonds. The summed E-state index contributed by atoms with van der Waals surface area (Å²) in [5.74, 6) is -4.36. The summed E-state index contributed by atoms with van der Waals surface area (Å²) in [6.07, 6.45) is 3.10. The van der Waals surface area contributed by atoms with E-state index in [1.165, 1.54) is 17.7 Å². The number of allylic oxidation sites excluding steroid dienone is 4. The molecular formula is C27H35F2NO7. The van der Waals surface area contributed by atoms with E-state index in [1.807, 2.05) is 0 Å². The van der Waals surface area contributed by atoms with Gasteiger partial charge in [-0.3, -0.25) is 19.2 Å². The summed E-state index contributed by atoms with van der Waals surface area (Å²) in [6.45, 7) is 5.36. The van der Waals surface area contributed by atoms with Crippen LogP contribution in [0.5, 0.6) is 0 Å². The van der Waals surface area contributed by atoms with Crippen LogP contribution in [-0.2, 0) is 23.9 Å². The van der Waals surface area contributed by atoms with E-state index in [1.54, 1.807) is 26.8 Å². The number of aliphatic hydroxyl groups excluding tert-OH is 1. The molecule has 3 unspecified atom stereocenters. The topological polar surface area (TPSA) is 130 Å². The molecule has 8 nitrogen and oxygen atoms in total. The van der Waals surface area contributed by atoms with E-state index in [9.17, 15) is 33.9 Å². The second-order valence-electron chi connectivity index (χ2n) is 11.7. The number of halogens is 2. The molecule has 0 heterocycles. The summed E-state index contributed by atoms with van der Waals surface area (Å²) in [5, 5.41) is 23.2. The first kappa shape index (κ1) is 27.7. The Labute approximate surface area is 214 Å². The molecular weight excluding hydrogens is 488 g/mol. The second kappa shape index (κ2) is 9.17. The Morgan fingerprint density at radius 2 is 1.95 bits per heavy atom. The molecule has 3 N–H and O–H groups in total. The van der Waals surface area contributed by atoms with E-state index in [2.05, 4.69) is 0 Å². The predicted octanol–water partition coefficient (Wildman–Crippen LogP) is 2.27. The molecule has 0 saturated heterocycles. The maximum atomic E-state index is 17.2. The first-order chi connectivity index (χ1) is 17.2. The highest BCUT2D eigenvalue weighted by atomic mass is 19.2. The molecule has 0 aromatic carbocycles. The minimum absolute atomic E-state index is 0.200. The van der Waals surface area contributed by atoms with Crippen LogP contribution in [0.15, 0.2) is 23.8 Å². The van der Waals surface area contributed by atoms with Gasteiger partial charge >= 0.3 is 5.97 Å². The summed E-state index contributed by atoms with van der Waals surface area (Å²) in [5.41, 5.74) is -4.64. The minimum atomic E-state index is -2.10. The number of carbonyl (C=O) groups excluding carboxylic acids is 4. The van der Waals surface area contributed by atoms with E-state index in [4.69, 9.17) is 4.74 Å². The quantitative estimate of drug-likeness (QED) is 0.342. The third-order valence-corrected chi connectivity index (χ3v) is 10.0. The van der Waals surface area contributed by atoms with Gasteiger partial charge < -0.3 is 14.9 Å². The molecule has 0 bridgehead atoms. The van der Waals surface area contributed by atoms with Gasteiger partial charge in [0.2, 0.25) is 5.78 Å². The van der Waals surface area contributed by atoms with Crippen LogP contribution in [0.25, 0.3) is 0 Å². The van der Waals surface area contributed by atoms with Gasteiger partial charge in [0.25, 0.3) is 0 Å². The average Bonchev–Trinajstić information content (AvgIpc) is 3.03. The van der Waals surface area contributed by atoms with Crippen molar-refractivity contribution in [2.75, 3.05) is 6.61 Å². The third kappa shape index (κ3) is 3.78. The molecule has 4 aliphatic rings. The molecule has 0 aromatic rings. The lowest BCUT2D eigenvalue weighted by Crippen LogP contribution is -2.69. The lowest BCUT2D eigenvalue weighted by Gasteiger charge is -2.62. The van der Waals surface area contributed by atoms with Gasteiger partial charge in [-0.2, -0.15) is 0 Å². The Kier molecular flexibility index (Phi) is 6.87. The minimum Gasteiger partial charge on any atom is -0.457 e. The maximum Gasteiger partial charge on any atom is 0.308 e. The van der Waals surface area contributed by atoms with Gasteiger partial charge in [-0.05, 0) is 63.5 Å². The van der Waals surface area contributed by atoms with Crippen LogP contribution in [0.1, 0.15) is 59.8 Å². The number of fused-ring (bicyclic) bond motifs is 5. The smallest absolute Gasteiger partial charge is 0.308 e. The summed E-state index contributed by atoms with van der Waals surface area (Å²) in [4.78, 5) is 48.8. The highest BCUT2D eigenvalue weighted by Gasteiger charge is 2.75. The standard InChI is InChI=1S/C27H35F2NO7/c1-14-9-19-18-6-5-16-10-17(32)7-8-24(16,3)26(18,28)21(33)12-25(19,4)27(14,36)22(34)13-37-23(35)11-20(30-29)15(2)31/h7-8,10,14,18-21,30,33,36H,5-6,9,11-13H2,1-4H3/t14-,18?,19?,20?,21+,24+,25+,26+,27+/m1/s1. The summed E-state index contributed by atoms with van der Waals surface area (Å²) < 4.78 is 34.9. The van der Waals surface area contributed by atoms with Crippen molar-refractivity contribution in [2.24, 2.45) is 28.6 Å². The molecule has 3 saturated carbocycles. The molecule has 9 atom stereocenters. The molecule has 0 radical (unpaired) electrons. The Morgan fingerprint density at radius 3 is 2.57 bits per heavy atom. The molecule has 37 heavy (non-hydrogen) atoms. The predicted molar refractivity (Wildman–Crippen MR) is 127 cm³/mol. The number of aliphatic hydroxyl groups is 2. The van der Waals surface area contributed by atoms with Crippen molar-refractivity contribution < 1.29 is 43.0 Å². The number of alkyl halides is 1. The van der Waals surface area contributed by atoms with E-state index >= 15 is 4.39 Å². The third-order valence-electron chi connectivity index (χ3n) is 10.0. The number of rotatable bonds is 7. The average molecular weight is 524 g/mol. The van der Waals surface area contributed by atoms with Gasteiger partial charge in [0.1, 0.15) is 17.4 Å². The molecule has 0 aliphatic heterocycles.